The van der Waals surface area contributed by atoms with E-state index in [-0.39, 0.29) is 47.3 Å². The maximum atomic E-state index is 14.2. The Kier molecular flexibility index (Phi) is 7.18. The van der Waals surface area contributed by atoms with Crippen molar-refractivity contribution in [3.63, 3.8) is 0 Å². The highest BCUT2D eigenvalue weighted by Gasteiger charge is 2.59. The first-order valence-corrected chi connectivity index (χ1v) is 12.4. The molecule has 9 heteroatoms. The van der Waals surface area contributed by atoms with E-state index in [0.717, 1.165) is 11.6 Å². The summed E-state index contributed by atoms with van der Waals surface area (Å²) in [4.78, 5) is 55.3. The second-order valence-corrected chi connectivity index (χ2v) is 10.3. The van der Waals surface area contributed by atoms with Crippen molar-refractivity contribution in [2.45, 2.75) is 38.6 Å². The van der Waals surface area contributed by atoms with E-state index in [1.54, 1.807) is 18.7 Å². The van der Waals surface area contributed by atoms with E-state index in [1.807, 2.05) is 30.3 Å². The highest BCUT2D eigenvalue weighted by molar-refractivity contribution is 6.31. The summed E-state index contributed by atoms with van der Waals surface area (Å²) in [6.07, 6.45) is 0.657. The van der Waals surface area contributed by atoms with E-state index >= 15 is 0 Å². The maximum absolute atomic E-state index is 14.2. The minimum atomic E-state index is -0.912. The zero-order valence-corrected chi connectivity index (χ0v) is 21.2. The number of amides is 4. The lowest BCUT2D eigenvalue weighted by Gasteiger charge is -2.41. The van der Waals surface area contributed by atoms with Crippen LogP contribution in [0, 0.1) is 17.2 Å². The third-order valence-corrected chi connectivity index (χ3v) is 7.59. The van der Waals surface area contributed by atoms with Gasteiger partial charge in [-0.25, -0.2) is 4.39 Å². The number of likely N-dealkylation sites (N-methyl/N-ethyl adjacent to an activating group) is 1. The molecule has 0 aliphatic carbocycles. The SMILES string of the molecule is CC(C)[C@@H](NC(=O)c1cc(Cl)ccc1F)C(=O)N1CCC2(CC1)C(=O)N(C)C(=O)C2c1ccccc1. The van der Waals surface area contributed by atoms with Crippen molar-refractivity contribution in [2.24, 2.45) is 11.3 Å². The Labute approximate surface area is 214 Å². The lowest BCUT2D eigenvalue weighted by atomic mass is 9.67. The molecule has 0 saturated carbocycles. The quantitative estimate of drug-likeness (QED) is 0.619. The summed E-state index contributed by atoms with van der Waals surface area (Å²) >= 11 is 5.92. The number of imide groups is 1. The summed E-state index contributed by atoms with van der Waals surface area (Å²) in [7, 11) is 1.51. The number of benzene rings is 2. The number of nitrogens with zero attached hydrogens (tertiary/aromatic N) is 2. The molecule has 4 rings (SSSR count). The number of likely N-dealkylation sites (tertiary alicyclic amines) is 2. The molecule has 1 unspecified atom stereocenters. The number of halogens is 2. The van der Waals surface area contributed by atoms with Crippen LogP contribution in [-0.2, 0) is 14.4 Å². The van der Waals surface area contributed by atoms with Gasteiger partial charge in [0.15, 0.2) is 0 Å². The fraction of sp³-hybridized carbons (Fsp3) is 0.407. The van der Waals surface area contributed by atoms with Crippen molar-refractivity contribution in [1.29, 1.82) is 0 Å². The molecule has 2 aliphatic heterocycles. The summed E-state index contributed by atoms with van der Waals surface area (Å²) in [5, 5.41) is 2.87. The number of carbonyl (C=O) groups is 4. The Bertz CT molecular complexity index is 1190. The van der Waals surface area contributed by atoms with Crippen molar-refractivity contribution < 1.29 is 23.6 Å². The van der Waals surface area contributed by atoms with Gasteiger partial charge in [-0.05, 0) is 42.5 Å². The molecule has 1 N–H and O–H groups in total. The van der Waals surface area contributed by atoms with E-state index in [9.17, 15) is 23.6 Å². The molecule has 2 saturated heterocycles. The number of hydrogen-bond donors (Lipinski definition) is 1. The smallest absolute Gasteiger partial charge is 0.254 e. The number of piperidine rings is 1. The molecule has 2 aromatic carbocycles. The first kappa shape index (κ1) is 25.8. The maximum Gasteiger partial charge on any atom is 0.254 e. The fourth-order valence-electron chi connectivity index (χ4n) is 5.32. The molecule has 0 aromatic heterocycles. The van der Waals surface area contributed by atoms with Crippen LogP contribution in [0.5, 0.6) is 0 Å². The Morgan fingerprint density at radius 1 is 1.08 bits per heavy atom. The van der Waals surface area contributed by atoms with Crippen LogP contribution in [0.4, 0.5) is 4.39 Å². The Hall–Kier alpha value is -3.26. The van der Waals surface area contributed by atoms with Crippen molar-refractivity contribution in [3.05, 3.63) is 70.5 Å². The summed E-state index contributed by atoms with van der Waals surface area (Å²) < 4.78 is 14.2. The lowest BCUT2D eigenvalue weighted by molar-refractivity contribution is -0.144. The van der Waals surface area contributed by atoms with Gasteiger partial charge in [0.1, 0.15) is 11.9 Å². The summed E-state index contributed by atoms with van der Waals surface area (Å²) in [5.41, 5.74) is -0.358. The largest absolute Gasteiger partial charge is 0.341 e. The fourth-order valence-corrected chi connectivity index (χ4v) is 5.50. The molecule has 0 bridgehead atoms. The van der Waals surface area contributed by atoms with Crippen molar-refractivity contribution in [3.8, 4) is 0 Å². The van der Waals surface area contributed by atoms with E-state index in [0.29, 0.717) is 12.8 Å². The number of nitrogens with one attached hydrogen (secondary N) is 1. The monoisotopic (exact) mass is 513 g/mol. The Balaban J connectivity index is 1.52. The number of rotatable bonds is 5. The highest BCUT2D eigenvalue weighted by Crippen LogP contribution is 2.51. The standard InChI is InChI=1S/C27H29ClFN3O4/c1-16(2)22(30-23(33)19-15-18(28)9-10-20(19)29)25(35)32-13-11-27(12-14-32)21(17-7-5-4-6-8-17)24(34)31(3)26(27)36/h4-10,15-16,21-22H,11-14H2,1-3H3,(H,30,33)/t21?,22-/m1/s1. The second-order valence-electron chi connectivity index (χ2n) is 9.85. The molecule has 36 heavy (non-hydrogen) atoms. The molecule has 7 nitrogen and oxygen atoms in total. The summed E-state index contributed by atoms with van der Waals surface area (Å²) in [5.74, 6) is -3.08. The van der Waals surface area contributed by atoms with Crippen molar-refractivity contribution in [1.82, 2.24) is 15.1 Å². The van der Waals surface area contributed by atoms with Crippen LogP contribution in [-0.4, -0.2) is 59.6 Å². The van der Waals surface area contributed by atoms with E-state index < -0.39 is 29.1 Å². The van der Waals surface area contributed by atoms with E-state index in [2.05, 4.69) is 5.32 Å². The Morgan fingerprint density at radius 2 is 1.72 bits per heavy atom. The van der Waals surface area contributed by atoms with E-state index in [1.165, 1.54) is 24.1 Å². The van der Waals surface area contributed by atoms with Gasteiger partial charge in [-0.3, -0.25) is 24.1 Å². The number of hydrogen-bond acceptors (Lipinski definition) is 4. The zero-order valence-electron chi connectivity index (χ0n) is 20.5. The molecule has 4 amide bonds. The van der Waals surface area contributed by atoms with Crippen LogP contribution in [0.3, 0.4) is 0 Å². The molecule has 190 valence electrons. The lowest BCUT2D eigenvalue weighted by Crippen LogP contribution is -2.55. The Morgan fingerprint density at radius 3 is 2.33 bits per heavy atom. The molecule has 2 aliphatic rings. The second kappa shape index (κ2) is 10.0. The van der Waals surface area contributed by atoms with Gasteiger partial charge in [0.05, 0.1) is 16.9 Å². The zero-order chi connectivity index (χ0) is 26.2. The minimum absolute atomic E-state index is 0.212. The van der Waals surface area contributed by atoms with Crippen molar-refractivity contribution in [2.75, 3.05) is 20.1 Å². The van der Waals surface area contributed by atoms with Gasteiger partial charge in [0.2, 0.25) is 17.7 Å². The van der Waals surface area contributed by atoms with Gasteiger partial charge < -0.3 is 10.2 Å². The molecule has 1 spiro atoms. The molecule has 0 radical (unpaired) electrons. The first-order chi connectivity index (χ1) is 17.1. The molecule has 2 fully saturated rings. The van der Waals surface area contributed by atoms with Crippen LogP contribution in [0.25, 0.3) is 0 Å². The summed E-state index contributed by atoms with van der Waals surface area (Å²) in [6.45, 7) is 4.11. The van der Waals surface area contributed by atoms with Gasteiger partial charge in [0.25, 0.3) is 5.91 Å². The van der Waals surface area contributed by atoms with Crippen LogP contribution in [0.15, 0.2) is 48.5 Å². The van der Waals surface area contributed by atoms with Gasteiger partial charge in [-0.15, -0.1) is 0 Å². The summed E-state index contributed by atoms with van der Waals surface area (Å²) in [6, 6.07) is 12.0. The van der Waals surface area contributed by atoms with Crippen LogP contribution < -0.4 is 5.32 Å². The topological polar surface area (TPSA) is 86.8 Å². The van der Waals surface area contributed by atoms with Crippen LogP contribution in [0.1, 0.15) is 48.5 Å². The van der Waals surface area contributed by atoms with Crippen molar-refractivity contribution >= 4 is 35.2 Å². The van der Waals surface area contributed by atoms with Gasteiger partial charge in [0, 0.05) is 25.2 Å². The van der Waals surface area contributed by atoms with Crippen LogP contribution in [0.2, 0.25) is 5.02 Å². The predicted octanol–water partition coefficient (Wildman–Crippen LogP) is 3.62. The first-order valence-electron chi connectivity index (χ1n) is 12.0. The molecule has 2 heterocycles. The molecule has 2 atom stereocenters. The van der Waals surface area contributed by atoms with Gasteiger partial charge >= 0.3 is 0 Å². The van der Waals surface area contributed by atoms with Gasteiger partial charge in [-0.2, -0.15) is 0 Å². The normalized spacial score (nSPS) is 20.2. The van der Waals surface area contributed by atoms with Crippen LogP contribution >= 0.6 is 11.6 Å². The highest BCUT2D eigenvalue weighted by atomic mass is 35.5. The third kappa shape index (κ3) is 4.50. The van der Waals surface area contributed by atoms with Gasteiger partial charge in [-0.1, -0.05) is 55.8 Å². The average Bonchev–Trinajstić information content (AvgIpc) is 3.04. The van der Waals surface area contributed by atoms with E-state index in [4.69, 9.17) is 11.6 Å². The average molecular weight is 514 g/mol. The minimum Gasteiger partial charge on any atom is -0.341 e. The molecular formula is C27H29ClFN3O4. The molecular weight excluding hydrogens is 485 g/mol. The predicted molar refractivity (Wildman–Crippen MR) is 133 cm³/mol. The molecule has 2 aromatic rings. The number of carbonyl (C=O) groups excluding carboxylic acids is 4. The third-order valence-electron chi connectivity index (χ3n) is 7.35.